The molecule has 1 aliphatic carbocycles. The lowest BCUT2D eigenvalue weighted by molar-refractivity contribution is -0.172. The van der Waals surface area contributed by atoms with Crippen LogP contribution in [0.4, 0.5) is 4.39 Å². The number of carbonyl (C=O) groups is 2. The first-order valence-electron chi connectivity index (χ1n) is 12.3. The lowest BCUT2D eigenvalue weighted by atomic mass is 9.81. The fourth-order valence-corrected chi connectivity index (χ4v) is 6.07. The van der Waals surface area contributed by atoms with Crippen molar-refractivity contribution >= 4 is 22.8 Å². The fraction of sp³-hybridized carbons (Fsp3) is 0.407. The standard InChI is InChI=1S/C27H26FN3O6/c1-4-27(35)16-7-20-24-14(9-31(20)25(33)15(16)10-37-26(27)34)23-18(29-21(32)11-36-3)6-5-13-12(2)17(28)8-19(30-24)22(13)23/h7-8,18,35H,4-6,9-11H2,1-3H3,(H,29,32). The number of aryl methyl sites for hydroxylation is 1. The largest absolute Gasteiger partial charge is 0.458 e. The van der Waals surface area contributed by atoms with E-state index < -0.39 is 11.6 Å². The first-order valence-corrected chi connectivity index (χ1v) is 12.3. The second kappa shape index (κ2) is 8.19. The van der Waals surface area contributed by atoms with Crippen LogP contribution >= 0.6 is 0 Å². The first-order chi connectivity index (χ1) is 17.7. The van der Waals surface area contributed by atoms with Crippen LogP contribution in [-0.4, -0.2) is 40.3 Å². The Bertz CT molecular complexity index is 1600. The summed E-state index contributed by atoms with van der Waals surface area (Å²) in [6.07, 6.45) is 1.15. The van der Waals surface area contributed by atoms with Crippen molar-refractivity contribution in [3.05, 3.63) is 61.7 Å². The van der Waals surface area contributed by atoms with Gasteiger partial charge in [-0.25, -0.2) is 14.2 Å². The van der Waals surface area contributed by atoms with Gasteiger partial charge in [0.05, 0.1) is 35.1 Å². The Morgan fingerprint density at radius 3 is 2.84 bits per heavy atom. The van der Waals surface area contributed by atoms with E-state index in [-0.39, 0.29) is 60.6 Å². The molecule has 0 saturated heterocycles. The van der Waals surface area contributed by atoms with Crippen LogP contribution in [0.3, 0.4) is 0 Å². The number of aromatic nitrogens is 2. The SMILES string of the molecule is CCC1(O)C(=O)OCc2c1cc1n(c2=O)Cc2c-1nc1cc(F)c(C)c3c1c2C(NC(=O)COC)CC3. The number of nitrogens with zero attached hydrogens (tertiary/aromatic N) is 2. The number of hydrogen-bond acceptors (Lipinski definition) is 7. The molecule has 0 saturated carbocycles. The number of halogens is 1. The normalized spacial score (nSPS) is 21.3. The number of hydrogen-bond donors (Lipinski definition) is 2. The highest BCUT2D eigenvalue weighted by molar-refractivity contribution is 5.94. The van der Waals surface area contributed by atoms with E-state index in [1.165, 1.54) is 13.2 Å². The third kappa shape index (κ3) is 3.21. The van der Waals surface area contributed by atoms with Gasteiger partial charge in [0.15, 0.2) is 5.60 Å². The van der Waals surface area contributed by atoms with Gasteiger partial charge in [-0.05, 0) is 48.9 Å². The maximum atomic E-state index is 14.9. The molecule has 4 heterocycles. The molecule has 192 valence electrons. The molecule has 3 aromatic rings. The Morgan fingerprint density at radius 2 is 2.11 bits per heavy atom. The van der Waals surface area contributed by atoms with Gasteiger partial charge in [0.2, 0.25) is 5.91 Å². The Balaban J connectivity index is 1.63. The zero-order valence-corrected chi connectivity index (χ0v) is 20.7. The quantitative estimate of drug-likeness (QED) is 0.407. The number of aliphatic hydroxyl groups is 1. The molecule has 6 rings (SSSR count). The molecule has 0 radical (unpaired) electrons. The third-order valence-corrected chi connectivity index (χ3v) is 7.99. The van der Waals surface area contributed by atoms with Crippen molar-refractivity contribution < 1.29 is 28.6 Å². The number of ether oxygens (including phenoxy) is 2. The highest BCUT2D eigenvalue weighted by atomic mass is 19.1. The van der Waals surface area contributed by atoms with Crippen LogP contribution in [0.1, 0.15) is 59.2 Å². The molecular formula is C27H26FN3O6. The molecule has 0 spiro atoms. The van der Waals surface area contributed by atoms with E-state index >= 15 is 0 Å². The number of methoxy groups -OCH3 is 1. The van der Waals surface area contributed by atoms with Gasteiger partial charge >= 0.3 is 5.97 Å². The second-order valence-electron chi connectivity index (χ2n) is 9.90. The third-order valence-electron chi connectivity index (χ3n) is 7.99. The lowest BCUT2D eigenvalue weighted by Crippen LogP contribution is -2.44. The molecule has 1 aromatic carbocycles. The Kier molecular flexibility index (Phi) is 5.26. The van der Waals surface area contributed by atoms with Crippen molar-refractivity contribution in [1.82, 2.24) is 14.9 Å². The summed E-state index contributed by atoms with van der Waals surface area (Å²) in [5, 5.41) is 15.0. The minimum absolute atomic E-state index is 0.0342. The predicted molar refractivity (Wildman–Crippen MR) is 130 cm³/mol. The summed E-state index contributed by atoms with van der Waals surface area (Å²) in [4.78, 5) is 43.4. The fourth-order valence-electron chi connectivity index (χ4n) is 6.07. The first kappa shape index (κ1) is 23.7. The van der Waals surface area contributed by atoms with Crippen molar-refractivity contribution in [2.45, 2.75) is 57.9 Å². The monoisotopic (exact) mass is 507 g/mol. The molecule has 2 aliphatic heterocycles. The number of carbonyl (C=O) groups excluding carboxylic acids is 2. The van der Waals surface area contributed by atoms with Gasteiger partial charge in [0.1, 0.15) is 19.0 Å². The molecule has 2 atom stereocenters. The van der Waals surface area contributed by atoms with Gasteiger partial charge in [-0.1, -0.05) is 6.92 Å². The van der Waals surface area contributed by atoms with Crippen molar-refractivity contribution in [3.63, 3.8) is 0 Å². The molecule has 10 heteroatoms. The van der Waals surface area contributed by atoms with E-state index in [1.807, 2.05) is 0 Å². The van der Waals surface area contributed by atoms with Crippen LogP contribution < -0.4 is 10.9 Å². The molecule has 2 unspecified atom stereocenters. The van der Waals surface area contributed by atoms with Gasteiger partial charge in [0.25, 0.3) is 5.56 Å². The maximum Gasteiger partial charge on any atom is 0.343 e. The van der Waals surface area contributed by atoms with Crippen molar-refractivity contribution in [1.29, 1.82) is 0 Å². The predicted octanol–water partition coefficient (Wildman–Crippen LogP) is 2.28. The molecule has 0 fully saturated rings. The molecule has 3 aliphatic rings. The summed E-state index contributed by atoms with van der Waals surface area (Å²) in [5.41, 5.74) is 2.43. The van der Waals surface area contributed by atoms with Crippen LogP contribution in [0.5, 0.6) is 0 Å². The van der Waals surface area contributed by atoms with E-state index in [4.69, 9.17) is 14.5 Å². The summed E-state index contributed by atoms with van der Waals surface area (Å²) in [6, 6.07) is 2.64. The van der Waals surface area contributed by atoms with Gasteiger partial charge in [-0.2, -0.15) is 0 Å². The molecule has 1 amide bonds. The Morgan fingerprint density at radius 1 is 1.32 bits per heavy atom. The molecule has 0 bridgehead atoms. The van der Waals surface area contributed by atoms with E-state index in [0.29, 0.717) is 35.3 Å². The topological polar surface area (TPSA) is 120 Å². The van der Waals surface area contributed by atoms with E-state index in [0.717, 1.165) is 22.1 Å². The van der Waals surface area contributed by atoms with E-state index in [1.54, 1.807) is 24.5 Å². The van der Waals surface area contributed by atoms with Crippen LogP contribution in [0, 0.1) is 12.7 Å². The molecule has 2 aromatic heterocycles. The number of cyclic esters (lactones) is 1. The number of rotatable bonds is 4. The average Bonchev–Trinajstić information content (AvgIpc) is 3.24. The minimum Gasteiger partial charge on any atom is -0.458 e. The zero-order chi connectivity index (χ0) is 26.2. The number of nitrogens with one attached hydrogen (secondary N) is 1. The van der Waals surface area contributed by atoms with Gasteiger partial charge in [-0.3, -0.25) is 9.59 Å². The summed E-state index contributed by atoms with van der Waals surface area (Å²) in [7, 11) is 1.45. The molecule has 2 N–H and O–H groups in total. The smallest absolute Gasteiger partial charge is 0.343 e. The van der Waals surface area contributed by atoms with E-state index in [2.05, 4.69) is 5.32 Å². The highest BCUT2D eigenvalue weighted by Gasteiger charge is 2.46. The summed E-state index contributed by atoms with van der Waals surface area (Å²) in [5.74, 6) is -1.44. The van der Waals surface area contributed by atoms with Crippen LogP contribution in [-0.2, 0) is 44.2 Å². The van der Waals surface area contributed by atoms with Gasteiger partial charge in [-0.15, -0.1) is 0 Å². The van der Waals surface area contributed by atoms with Crippen molar-refractivity contribution in [2.75, 3.05) is 13.7 Å². The Labute approximate surface area is 211 Å². The number of pyridine rings is 2. The van der Waals surface area contributed by atoms with Crippen LogP contribution in [0.15, 0.2) is 16.9 Å². The second-order valence-corrected chi connectivity index (χ2v) is 9.90. The zero-order valence-electron chi connectivity index (χ0n) is 20.7. The molecular weight excluding hydrogens is 481 g/mol. The van der Waals surface area contributed by atoms with E-state index in [9.17, 15) is 23.9 Å². The molecule has 37 heavy (non-hydrogen) atoms. The number of esters is 1. The average molecular weight is 508 g/mol. The van der Waals surface area contributed by atoms with Crippen LogP contribution in [0.25, 0.3) is 22.3 Å². The number of benzene rings is 1. The lowest BCUT2D eigenvalue weighted by Gasteiger charge is -2.31. The summed E-state index contributed by atoms with van der Waals surface area (Å²) < 4.78 is 26.6. The summed E-state index contributed by atoms with van der Waals surface area (Å²) >= 11 is 0. The van der Waals surface area contributed by atoms with Gasteiger partial charge in [0, 0.05) is 29.7 Å². The maximum absolute atomic E-state index is 14.9. The van der Waals surface area contributed by atoms with Crippen molar-refractivity contribution in [3.8, 4) is 11.4 Å². The number of amides is 1. The Hall–Kier alpha value is -3.63. The summed E-state index contributed by atoms with van der Waals surface area (Å²) in [6.45, 7) is 3.25. The number of fused-ring (bicyclic) bond motifs is 5. The van der Waals surface area contributed by atoms with Gasteiger partial charge < -0.3 is 24.5 Å². The highest BCUT2D eigenvalue weighted by Crippen LogP contribution is 2.45. The van der Waals surface area contributed by atoms with Crippen molar-refractivity contribution in [2.24, 2.45) is 0 Å². The minimum atomic E-state index is -1.94. The molecule has 9 nitrogen and oxygen atoms in total. The van der Waals surface area contributed by atoms with Crippen LogP contribution in [0.2, 0.25) is 0 Å².